The summed E-state index contributed by atoms with van der Waals surface area (Å²) in [6.45, 7) is 0. The Labute approximate surface area is 174 Å². The molecule has 2 aromatic carbocycles. The van der Waals surface area contributed by atoms with E-state index in [2.05, 4.69) is 16.4 Å². The van der Waals surface area contributed by atoms with Crippen LogP contribution in [0.2, 0.25) is 0 Å². The first-order valence-electron chi connectivity index (χ1n) is 9.50. The highest BCUT2D eigenvalue weighted by molar-refractivity contribution is 5.92. The molecule has 1 aliphatic heterocycles. The maximum absolute atomic E-state index is 11.9. The van der Waals surface area contributed by atoms with Gasteiger partial charge in [0.1, 0.15) is 5.66 Å². The number of benzene rings is 2. The van der Waals surface area contributed by atoms with Crippen molar-refractivity contribution in [2.45, 2.75) is 12.1 Å². The largest absolute Gasteiger partial charge is 0.481 e. The zero-order chi connectivity index (χ0) is 21.1. The first kappa shape index (κ1) is 19.2. The fourth-order valence-corrected chi connectivity index (χ4v) is 3.94. The lowest BCUT2D eigenvalue weighted by molar-refractivity contribution is -0.140. The van der Waals surface area contributed by atoms with Crippen LogP contribution in [-0.4, -0.2) is 28.0 Å². The predicted molar refractivity (Wildman–Crippen MR) is 113 cm³/mol. The number of hydrogen-bond acceptors (Lipinski definition) is 5. The van der Waals surface area contributed by atoms with Crippen LogP contribution in [0.25, 0.3) is 11.4 Å². The Morgan fingerprint density at radius 2 is 1.73 bits per heavy atom. The number of pyridine rings is 1. The van der Waals surface area contributed by atoms with Gasteiger partial charge in [0.15, 0.2) is 0 Å². The molecule has 148 valence electrons. The summed E-state index contributed by atoms with van der Waals surface area (Å²) in [6.07, 6.45) is 3.27. The van der Waals surface area contributed by atoms with Crippen molar-refractivity contribution in [3.8, 4) is 6.07 Å². The van der Waals surface area contributed by atoms with Gasteiger partial charge >= 0.3 is 5.97 Å². The van der Waals surface area contributed by atoms with Crippen LogP contribution in [-0.2, 0) is 10.5 Å². The van der Waals surface area contributed by atoms with Crippen molar-refractivity contribution in [1.29, 1.82) is 5.26 Å². The Kier molecular flexibility index (Phi) is 4.95. The minimum atomic E-state index is -1.01. The zero-order valence-corrected chi connectivity index (χ0v) is 16.4. The van der Waals surface area contributed by atoms with Crippen molar-refractivity contribution in [3.05, 3.63) is 101 Å². The molecule has 0 saturated heterocycles. The number of carboxylic acid groups (broad SMARTS) is 1. The molecular formula is C24H20N4O2. The van der Waals surface area contributed by atoms with Crippen molar-refractivity contribution in [2.24, 2.45) is 0 Å². The lowest BCUT2D eigenvalue weighted by atomic mass is 9.93. The fourth-order valence-electron chi connectivity index (χ4n) is 3.94. The third kappa shape index (κ3) is 3.27. The predicted octanol–water partition coefficient (Wildman–Crippen LogP) is 3.64. The van der Waals surface area contributed by atoms with Crippen molar-refractivity contribution in [3.63, 3.8) is 0 Å². The van der Waals surface area contributed by atoms with Gasteiger partial charge in [-0.1, -0.05) is 42.5 Å². The van der Waals surface area contributed by atoms with Crippen LogP contribution in [0.5, 0.6) is 0 Å². The molecule has 30 heavy (non-hydrogen) atoms. The number of carbonyl (C=O) groups is 1. The number of rotatable bonds is 5. The highest BCUT2D eigenvalue weighted by Gasteiger charge is 2.46. The normalized spacial score (nSPS) is 18.1. The van der Waals surface area contributed by atoms with Gasteiger partial charge in [0.05, 0.1) is 29.4 Å². The molecule has 0 fully saturated rings. The second-order valence-electron chi connectivity index (χ2n) is 7.13. The molecule has 1 atom stereocenters. The molecule has 2 N–H and O–H groups in total. The molecule has 1 unspecified atom stereocenters. The first-order chi connectivity index (χ1) is 14.5. The minimum absolute atomic E-state index is 0.166. The topological polar surface area (TPSA) is 89.2 Å². The lowest BCUT2D eigenvalue weighted by Crippen LogP contribution is -2.49. The van der Waals surface area contributed by atoms with E-state index < -0.39 is 11.6 Å². The summed E-state index contributed by atoms with van der Waals surface area (Å²) < 4.78 is 0. The Hall–Kier alpha value is -4.11. The monoisotopic (exact) mass is 396 g/mol. The Balaban J connectivity index is 1.92. The number of aromatic nitrogens is 1. The lowest BCUT2D eigenvalue weighted by Gasteiger charge is -2.38. The van der Waals surface area contributed by atoms with Crippen molar-refractivity contribution < 1.29 is 9.90 Å². The van der Waals surface area contributed by atoms with Crippen LogP contribution < -0.4 is 5.32 Å². The average molecular weight is 396 g/mol. The number of hydrogen-bond donors (Lipinski definition) is 2. The molecule has 0 bridgehead atoms. The fraction of sp³-hybridized carbons (Fsp3) is 0.125. The summed E-state index contributed by atoms with van der Waals surface area (Å²) >= 11 is 0. The van der Waals surface area contributed by atoms with Crippen LogP contribution in [0.4, 0.5) is 0 Å². The third-order valence-electron chi connectivity index (χ3n) is 5.39. The van der Waals surface area contributed by atoms with E-state index in [1.54, 1.807) is 24.5 Å². The van der Waals surface area contributed by atoms with Crippen LogP contribution >= 0.6 is 0 Å². The van der Waals surface area contributed by atoms with Gasteiger partial charge in [-0.2, -0.15) is 5.26 Å². The van der Waals surface area contributed by atoms with E-state index in [0.29, 0.717) is 5.56 Å². The Morgan fingerprint density at radius 1 is 1.07 bits per heavy atom. The van der Waals surface area contributed by atoms with Gasteiger partial charge in [-0.15, -0.1) is 0 Å². The van der Waals surface area contributed by atoms with Crippen molar-refractivity contribution >= 4 is 17.4 Å². The second-order valence-corrected chi connectivity index (χ2v) is 7.13. The minimum Gasteiger partial charge on any atom is -0.481 e. The Bertz CT molecular complexity index is 1140. The number of aliphatic carboxylic acids is 1. The van der Waals surface area contributed by atoms with Crippen LogP contribution in [0, 0.1) is 11.3 Å². The van der Waals surface area contributed by atoms with E-state index in [1.807, 2.05) is 66.5 Å². The maximum Gasteiger partial charge on any atom is 0.308 e. The van der Waals surface area contributed by atoms with Crippen LogP contribution in [0.1, 0.15) is 28.7 Å². The summed E-state index contributed by atoms with van der Waals surface area (Å²) in [4.78, 5) is 18.0. The maximum atomic E-state index is 11.9. The molecule has 0 amide bonds. The molecule has 3 aromatic rings. The quantitative estimate of drug-likeness (QED) is 0.684. The highest BCUT2D eigenvalue weighted by Crippen LogP contribution is 2.45. The van der Waals surface area contributed by atoms with Crippen LogP contribution in [0.15, 0.2) is 79.1 Å². The van der Waals surface area contributed by atoms with E-state index in [0.717, 1.165) is 28.1 Å². The third-order valence-corrected chi connectivity index (χ3v) is 5.39. The van der Waals surface area contributed by atoms with Gasteiger partial charge in [0.25, 0.3) is 0 Å². The molecule has 1 aromatic heterocycles. The Morgan fingerprint density at radius 3 is 2.33 bits per heavy atom. The first-order valence-corrected chi connectivity index (χ1v) is 9.50. The summed E-state index contributed by atoms with van der Waals surface area (Å²) in [7, 11) is 1.89. The average Bonchev–Trinajstić information content (AvgIpc) is 3.07. The molecule has 2 heterocycles. The number of nitriles is 1. The second kappa shape index (κ2) is 7.72. The van der Waals surface area contributed by atoms with Gasteiger partial charge in [-0.25, -0.2) is 0 Å². The van der Waals surface area contributed by atoms with Gasteiger partial charge in [-0.05, 0) is 35.4 Å². The van der Waals surface area contributed by atoms with Gasteiger partial charge in [-0.3, -0.25) is 9.78 Å². The molecule has 4 rings (SSSR count). The molecule has 0 saturated carbocycles. The molecule has 6 heteroatoms. The number of carboxylic acids is 1. The molecule has 0 radical (unpaired) electrons. The summed E-state index contributed by atoms with van der Waals surface area (Å²) in [5.41, 5.74) is 3.89. The summed E-state index contributed by atoms with van der Waals surface area (Å²) in [5, 5.41) is 22.5. The standard InChI is InChI=1S/C24H20N4O2/c1-28-23(19-11-13-26-14-12-19)22(18-5-3-2-4-6-18)27-24(28,15-21(29)30)20-9-7-17(16-25)8-10-20/h2-14,27H,15H2,1H3,(H,29,30). The zero-order valence-electron chi connectivity index (χ0n) is 16.4. The highest BCUT2D eigenvalue weighted by atomic mass is 16.4. The summed E-state index contributed by atoms with van der Waals surface area (Å²) in [6, 6.07) is 22.8. The molecular weight excluding hydrogens is 376 g/mol. The number of nitrogens with one attached hydrogen (secondary N) is 1. The number of nitrogens with zero attached hydrogens (tertiary/aromatic N) is 3. The van der Waals surface area contributed by atoms with E-state index in [-0.39, 0.29) is 6.42 Å². The molecule has 0 aliphatic carbocycles. The van der Waals surface area contributed by atoms with Crippen LogP contribution in [0.3, 0.4) is 0 Å². The van der Waals surface area contributed by atoms with E-state index in [1.165, 1.54) is 0 Å². The van der Waals surface area contributed by atoms with Gasteiger partial charge in [0.2, 0.25) is 0 Å². The molecule has 1 aliphatic rings. The van der Waals surface area contributed by atoms with E-state index in [9.17, 15) is 9.90 Å². The summed E-state index contributed by atoms with van der Waals surface area (Å²) in [5.74, 6) is -0.929. The van der Waals surface area contributed by atoms with Gasteiger partial charge in [0, 0.05) is 25.0 Å². The molecule has 6 nitrogen and oxygen atoms in total. The van der Waals surface area contributed by atoms with Crippen molar-refractivity contribution in [2.75, 3.05) is 7.05 Å². The van der Waals surface area contributed by atoms with Crippen molar-refractivity contribution in [1.82, 2.24) is 15.2 Å². The van der Waals surface area contributed by atoms with Gasteiger partial charge < -0.3 is 15.3 Å². The van der Waals surface area contributed by atoms with E-state index in [4.69, 9.17) is 5.26 Å². The molecule has 0 spiro atoms. The van der Waals surface area contributed by atoms with E-state index >= 15 is 0 Å². The SMILES string of the molecule is CN1C(c2ccncc2)=C(c2ccccc2)NC1(CC(=O)O)c1ccc(C#N)cc1. The smallest absolute Gasteiger partial charge is 0.308 e.